The molecule has 124 valence electrons. The lowest BCUT2D eigenvalue weighted by molar-refractivity contribution is 0.0174. The largest absolute Gasteiger partial charge is 0.444 e. The molecule has 6 heteroatoms. The van der Waals surface area contributed by atoms with Gasteiger partial charge in [0.1, 0.15) is 5.60 Å². The van der Waals surface area contributed by atoms with Crippen molar-refractivity contribution < 1.29 is 14.3 Å². The second-order valence-corrected chi connectivity index (χ2v) is 7.68. The Kier molecular flexibility index (Phi) is 6.11. The number of ketones is 1. The van der Waals surface area contributed by atoms with Crippen LogP contribution in [0.1, 0.15) is 56.5 Å². The van der Waals surface area contributed by atoms with Gasteiger partial charge in [-0.2, -0.15) is 0 Å². The Hall–Kier alpha value is -1.43. The summed E-state index contributed by atoms with van der Waals surface area (Å²) in [5.41, 5.74) is 0.290. The second kappa shape index (κ2) is 7.22. The maximum absolute atomic E-state index is 12.4. The molecule has 1 heterocycles. The summed E-state index contributed by atoms with van der Waals surface area (Å²) in [6.07, 6.45) is -0.158. The molecule has 0 fully saturated rings. The number of amides is 1. The van der Waals surface area contributed by atoms with Crippen molar-refractivity contribution in [2.45, 2.75) is 59.6 Å². The summed E-state index contributed by atoms with van der Waals surface area (Å²) in [7, 11) is 1.68. The number of thiazole rings is 1. The van der Waals surface area contributed by atoms with E-state index in [0.717, 1.165) is 5.69 Å². The zero-order valence-corrected chi connectivity index (χ0v) is 15.3. The predicted octanol–water partition coefficient (Wildman–Crippen LogP) is 3.92. The molecule has 1 rings (SSSR count). The van der Waals surface area contributed by atoms with Crippen LogP contribution in [-0.2, 0) is 4.74 Å². The first-order valence-electron chi connectivity index (χ1n) is 7.42. The number of hydrogen-bond acceptors (Lipinski definition) is 5. The lowest BCUT2D eigenvalue weighted by Gasteiger charge is -2.32. The number of ether oxygens (including phenoxy) is 1. The first-order chi connectivity index (χ1) is 10.0. The van der Waals surface area contributed by atoms with E-state index in [4.69, 9.17) is 4.74 Å². The van der Waals surface area contributed by atoms with Crippen LogP contribution in [0.2, 0.25) is 0 Å². The minimum Gasteiger partial charge on any atom is -0.444 e. The number of aryl methyl sites for hydroxylation is 1. The van der Waals surface area contributed by atoms with Crippen LogP contribution in [0.4, 0.5) is 4.79 Å². The highest BCUT2D eigenvalue weighted by Crippen LogP contribution is 2.20. The third-order valence-corrected chi connectivity index (χ3v) is 4.20. The molecule has 1 aromatic rings. The van der Waals surface area contributed by atoms with Crippen molar-refractivity contribution in [1.82, 2.24) is 9.88 Å². The van der Waals surface area contributed by atoms with Crippen LogP contribution >= 0.6 is 11.3 Å². The Labute approximate surface area is 136 Å². The summed E-state index contributed by atoms with van der Waals surface area (Å²) < 4.78 is 5.38. The Morgan fingerprint density at radius 3 is 2.36 bits per heavy atom. The molecule has 0 N–H and O–H groups in total. The van der Waals surface area contributed by atoms with E-state index < -0.39 is 11.7 Å². The number of nitrogens with zero attached hydrogens (tertiary/aromatic N) is 2. The molecule has 0 saturated carbocycles. The van der Waals surface area contributed by atoms with Crippen molar-refractivity contribution in [2.75, 3.05) is 7.05 Å². The smallest absolute Gasteiger partial charge is 0.410 e. The van der Waals surface area contributed by atoms with Gasteiger partial charge in [0.25, 0.3) is 0 Å². The van der Waals surface area contributed by atoms with Crippen LogP contribution in [-0.4, -0.2) is 40.5 Å². The van der Waals surface area contributed by atoms with E-state index in [1.807, 2.05) is 46.9 Å². The third kappa shape index (κ3) is 5.40. The fraction of sp³-hybridized carbons (Fsp3) is 0.688. The van der Waals surface area contributed by atoms with Crippen LogP contribution in [0, 0.1) is 12.8 Å². The zero-order chi connectivity index (χ0) is 17.1. The first-order valence-corrected chi connectivity index (χ1v) is 8.30. The minimum absolute atomic E-state index is 0.0350. The molecular formula is C16H26N2O3S. The van der Waals surface area contributed by atoms with E-state index in [1.165, 1.54) is 16.2 Å². The van der Waals surface area contributed by atoms with Crippen molar-refractivity contribution in [3.05, 3.63) is 16.1 Å². The number of Topliss-reactive ketones (excluding diaryl/α,β-unsaturated/α-hetero) is 1. The van der Waals surface area contributed by atoms with Crippen molar-refractivity contribution in [3.8, 4) is 0 Å². The Balaban J connectivity index is 2.80. The minimum atomic E-state index is -0.552. The average Bonchev–Trinajstić information content (AvgIpc) is 2.79. The SMILES string of the molecule is Cc1csc(C(=O)CC(C(C)C)N(C)C(=O)OC(C)(C)C)n1. The summed E-state index contributed by atoms with van der Waals surface area (Å²) in [5.74, 6) is 0.106. The molecule has 0 spiro atoms. The molecule has 0 aliphatic rings. The predicted molar refractivity (Wildman–Crippen MR) is 88.4 cm³/mol. The van der Waals surface area contributed by atoms with E-state index in [9.17, 15) is 9.59 Å². The van der Waals surface area contributed by atoms with Gasteiger partial charge in [0.2, 0.25) is 0 Å². The number of carbonyl (C=O) groups is 2. The van der Waals surface area contributed by atoms with Gasteiger partial charge in [0.15, 0.2) is 10.8 Å². The Morgan fingerprint density at radius 1 is 1.36 bits per heavy atom. The van der Waals surface area contributed by atoms with Gasteiger partial charge in [-0.05, 0) is 33.6 Å². The molecule has 0 aromatic carbocycles. The van der Waals surface area contributed by atoms with Crippen molar-refractivity contribution in [3.63, 3.8) is 0 Å². The number of hydrogen-bond donors (Lipinski definition) is 0. The van der Waals surface area contributed by atoms with Gasteiger partial charge in [-0.3, -0.25) is 4.79 Å². The lowest BCUT2D eigenvalue weighted by Crippen LogP contribution is -2.44. The van der Waals surface area contributed by atoms with Crippen LogP contribution in [0.25, 0.3) is 0 Å². The molecule has 0 aliphatic heterocycles. The number of carbonyl (C=O) groups excluding carboxylic acids is 2. The van der Waals surface area contributed by atoms with Gasteiger partial charge < -0.3 is 9.64 Å². The van der Waals surface area contributed by atoms with Gasteiger partial charge >= 0.3 is 6.09 Å². The standard InChI is InChI=1S/C16H26N2O3S/c1-10(2)12(18(7)15(20)21-16(4,5)6)8-13(19)14-17-11(3)9-22-14/h9-10,12H,8H2,1-7H3. The topological polar surface area (TPSA) is 59.5 Å². The van der Waals surface area contributed by atoms with E-state index in [1.54, 1.807) is 7.05 Å². The third-order valence-electron chi connectivity index (χ3n) is 3.20. The van der Waals surface area contributed by atoms with Crippen LogP contribution in [0.5, 0.6) is 0 Å². The van der Waals surface area contributed by atoms with Crippen LogP contribution in [0.15, 0.2) is 5.38 Å². The van der Waals surface area contributed by atoms with Gasteiger partial charge in [-0.15, -0.1) is 11.3 Å². The molecule has 0 bridgehead atoms. The van der Waals surface area contributed by atoms with Crippen molar-refractivity contribution >= 4 is 23.2 Å². The highest BCUT2D eigenvalue weighted by Gasteiger charge is 2.29. The average molecular weight is 326 g/mol. The van der Waals surface area contributed by atoms with E-state index in [-0.39, 0.29) is 24.2 Å². The number of aromatic nitrogens is 1. The van der Waals surface area contributed by atoms with Crippen LogP contribution in [0.3, 0.4) is 0 Å². The quantitative estimate of drug-likeness (QED) is 0.770. The van der Waals surface area contributed by atoms with E-state index in [2.05, 4.69) is 4.98 Å². The highest BCUT2D eigenvalue weighted by molar-refractivity contribution is 7.11. The van der Waals surface area contributed by atoms with Crippen molar-refractivity contribution in [1.29, 1.82) is 0 Å². The van der Waals surface area contributed by atoms with E-state index in [0.29, 0.717) is 5.01 Å². The summed E-state index contributed by atoms with van der Waals surface area (Å²) in [6, 6.07) is -0.216. The fourth-order valence-electron chi connectivity index (χ4n) is 2.05. The lowest BCUT2D eigenvalue weighted by atomic mass is 9.97. The summed E-state index contributed by atoms with van der Waals surface area (Å²) in [4.78, 5) is 30.3. The Bertz CT molecular complexity index is 532. The molecule has 1 amide bonds. The zero-order valence-electron chi connectivity index (χ0n) is 14.5. The molecule has 5 nitrogen and oxygen atoms in total. The molecule has 0 radical (unpaired) electrons. The summed E-state index contributed by atoms with van der Waals surface area (Å²) >= 11 is 1.35. The molecule has 1 aromatic heterocycles. The highest BCUT2D eigenvalue weighted by atomic mass is 32.1. The summed E-state index contributed by atoms with van der Waals surface area (Å²) in [5, 5.41) is 2.36. The normalized spacial score (nSPS) is 13.1. The van der Waals surface area contributed by atoms with Crippen molar-refractivity contribution in [2.24, 2.45) is 5.92 Å². The second-order valence-electron chi connectivity index (χ2n) is 6.82. The Morgan fingerprint density at radius 2 is 1.95 bits per heavy atom. The van der Waals surface area contributed by atoms with Gasteiger partial charge in [-0.1, -0.05) is 13.8 Å². The fourth-order valence-corrected chi connectivity index (χ4v) is 2.79. The monoisotopic (exact) mass is 326 g/mol. The van der Waals surface area contributed by atoms with Gasteiger partial charge in [0.05, 0.1) is 0 Å². The number of rotatable bonds is 5. The summed E-state index contributed by atoms with van der Waals surface area (Å²) in [6.45, 7) is 11.3. The van der Waals surface area contributed by atoms with Gasteiger partial charge in [-0.25, -0.2) is 9.78 Å². The maximum Gasteiger partial charge on any atom is 0.410 e. The first kappa shape index (κ1) is 18.6. The molecule has 22 heavy (non-hydrogen) atoms. The molecule has 0 saturated heterocycles. The van der Waals surface area contributed by atoms with Gasteiger partial charge in [0, 0.05) is 30.6 Å². The molecule has 1 unspecified atom stereocenters. The molecular weight excluding hydrogens is 300 g/mol. The molecule has 1 atom stereocenters. The maximum atomic E-state index is 12.4. The van der Waals surface area contributed by atoms with E-state index >= 15 is 0 Å². The van der Waals surface area contributed by atoms with Crippen LogP contribution < -0.4 is 0 Å². The molecule has 0 aliphatic carbocycles.